The molecule has 17 heavy (non-hydrogen) atoms. The van der Waals surface area contributed by atoms with E-state index in [-0.39, 0.29) is 11.9 Å². The number of methoxy groups -OCH3 is 1. The minimum Gasteiger partial charge on any atom is -0.469 e. The highest BCUT2D eigenvalue weighted by molar-refractivity contribution is 5.88. The SMILES string of the molecule is COC(=O)C1CC1c1cccc2ccccc12. The highest BCUT2D eigenvalue weighted by atomic mass is 16.5. The summed E-state index contributed by atoms with van der Waals surface area (Å²) in [4.78, 5) is 11.5. The fourth-order valence-corrected chi connectivity index (χ4v) is 2.52. The average molecular weight is 226 g/mol. The summed E-state index contributed by atoms with van der Waals surface area (Å²) in [6.45, 7) is 0. The Balaban J connectivity index is 2.00. The molecule has 2 heteroatoms. The fraction of sp³-hybridized carbons (Fsp3) is 0.267. The van der Waals surface area contributed by atoms with Gasteiger partial charge in [-0.2, -0.15) is 0 Å². The third kappa shape index (κ3) is 1.70. The maximum atomic E-state index is 11.5. The average Bonchev–Trinajstić information content (AvgIpc) is 3.17. The number of carbonyl (C=O) groups excluding carboxylic acids is 1. The summed E-state index contributed by atoms with van der Waals surface area (Å²) >= 11 is 0. The first-order chi connectivity index (χ1) is 8.31. The summed E-state index contributed by atoms with van der Waals surface area (Å²) in [6, 6.07) is 14.6. The lowest BCUT2D eigenvalue weighted by Crippen LogP contribution is -2.03. The highest BCUT2D eigenvalue weighted by Crippen LogP contribution is 2.49. The minimum atomic E-state index is -0.0806. The molecule has 0 radical (unpaired) electrons. The van der Waals surface area contributed by atoms with Gasteiger partial charge in [0.25, 0.3) is 0 Å². The summed E-state index contributed by atoms with van der Waals surface area (Å²) in [6.07, 6.45) is 0.917. The van der Waals surface area contributed by atoms with Crippen LogP contribution in [0.2, 0.25) is 0 Å². The predicted octanol–water partition coefficient (Wildman–Crippen LogP) is 3.12. The zero-order valence-corrected chi connectivity index (χ0v) is 9.72. The van der Waals surface area contributed by atoms with Gasteiger partial charge in [0.15, 0.2) is 0 Å². The molecule has 1 saturated carbocycles. The third-order valence-electron chi connectivity index (χ3n) is 3.52. The molecule has 1 fully saturated rings. The van der Waals surface area contributed by atoms with Gasteiger partial charge in [-0.1, -0.05) is 42.5 Å². The van der Waals surface area contributed by atoms with Gasteiger partial charge < -0.3 is 4.74 Å². The lowest BCUT2D eigenvalue weighted by Gasteiger charge is -2.05. The van der Waals surface area contributed by atoms with Crippen molar-refractivity contribution in [1.82, 2.24) is 0 Å². The van der Waals surface area contributed by atoms with Gasteiger partial charge in [0.05, 0.1) is 13.0 Å². The Morgan fingerprint density at radius 3 is 2.76 bits per heavy atom. The number of rotatable bonds is 2. The van der Waals surface area contributed by atoms with Crippen LogP contribution in [-0.2, 0) is 9.53 Å². The first kappa shape index (κ1) is 10.3. The van der Waals surface area contributed by atoms with Gasteiger partial charge in [-0.05, 0) is 28.7 Å². The number of carbonyl (C=O) groups is 1. The second-order valence-corrected chi connectivity index (χ2v) is 4.54. The molecule has 0 heterocycles. The van der Waals surface area contributed by atoms with Crippen molar-refractivity contribution in [3.8, 4) is 0 Å². The van der Waals surface area contributed by atoms with E-state index >= 15 is 0 Å². The number of hydrogen-bond acceptors (Lipinski definition) is 2. The molecule has 0 aliphatic heterocycles. The summed E-state index contributed by atoms with van der Waals surface area (Å²) in [5.74, 6) is 0.322. The van der Waals surface area contributed by atoms with E-state index in [4.69, 9.17) is 4.74 Å². The molecule has 0 N–H and O–H groups in total. The molecule has 2 aromatic rings. The summed E-state index contributed by atoms with van der Waals surface area (Å²) in [5.41, 5.74) is 1.28. The van der Waals surface area contributed by atoms with Crippen LogP contribution in [0.15, 0.2) is 42.5 Å². The van der Waals surface area contributed by atoms with Gasteiger partial charge >= 0.3 is 5.97 Å². The molecular formula is C15H14O2. The van der Waals surface area contributed by atoms with Gasteiger partial charge in [-0.25, -0.2) is 0 Å². The Morgan fingerprint density at radius 1 is 1.18 bits per heavy atom. The normalized spacial score (nSPS) is 22.4. The molecule has 2 atom stereocenters. The van der Waals surface area contributed by atoms with Crippen LogP contribution in [0.3, 0.4) is 0 Å². The molecule has 1 aliphatic rings. The fourth-order valence-electron chi connectivity index (χ4n) is 2.52. The molecule has 86 valence electrons. The van der Waals surface area contributed by atoms with E-state index in [0.29, 0.717) is 5.92 Å². The van der Waals surface area contributed by atoms with Crippen LogP contribution in [0, 0.1) is 5.92 Å². The Labute approximate surface area is 100 Å². The topological polar surface area (TPSA) is 26.3 Å². The summed E-state index contributed by atoms with van der Waals surface area (Å²) in [5, 5.41) is 2.49. The molecule has 0 aromatic heterocycles. The van der Waals surface area contributed by atoms with Crippen LogP contribution >= 0.6 is 0 Å². The van der Waals surface area contributed by atoms with Crippen LogP contribution in [-0.4, -0.2) is 13.1 Å². The van der Waals surface area contributed by atoms with E-state index in [1.807, 2.05) is 12.1 Å². The molecule has 2 aromatic carbocycles. The van der Waals surface area contributed by atoms with Gasteiger partial charge in [0.2, 0.25) is 0 Å². The number of fused-ring (bicyclic) bond motifs is 1. The predicted molar refractivity (Wildman–Crippen MR) is 66.8 cm³/mol. The van der Waals surface area contributed by atoms with Crippen LogP contribution in [0.25, 0.3) is 10.8 Å². The number of benzene rings is 2. The molecule has 0 spiro atoms. The second kappa shape index (κ2) is 3.88. The smallest absolute Gasteiger partial charge is 0.309 e. The minimum absolute atomic E-state index is 0.0609. The van der Waals surface area contributed by atoms with Gasteiger partial charge in [0.1, 0.15) is 0 Å². The van der Waals surface area contributed by atoms with Crippen molar-refractivity contribution in [2.75, 3.05) is 7.11 Å². The maximum Gasteiger partial charge on any atom is 0.309 e. The van der Waals surface area contributed by atoms with Crippen molar-refractivity contribution >= 4 is 16.7 Å². The Hall–Kier alpha value is -1.83. The lowest BCUT2D eigenvalue weighted by molar-refractivity contribution is -0.142. The second-order valence-electron chi connectivity index (χ2n) is 4.54. The summed E-state index contributed by atoms with van der Waals surface area (Å²) in [7, 11) is 1.46. The largest absolute Gasteiger partial charge is 0.469 e. The Morgan fingerprint density at radius 2 is 1.94 bits per heavy atom. The molecular weight excluding hydrogens is 212 g/mol. The van der Waals surface area contributed by atoms with Crippen molar-refractivity contribution in [3.05, 3.63) is 48.0 Å². The maximum absolute atomic E-state index is 11.5. The van der Waals surface area contributed by atoms with Crippen LogP contribution < -0.4 is 0 Å². The van der Waals surface area contributed by atoms with E-state index < -0.39 is 0 Å². The first-order valence-electron chi connectivity index (χ1n) is 5.87. The van der Waals surface area contributed by atoms with Crippen molar-refractivity contribution in [2.24, 2.45) is 5.92 Å². The van der Waals surface area contributed by atoms with Crippen molar-refractivity contribution < 1.29 is 9.53 Å². The third-order valence-corrected chi connectivity index (χ3v) is 3.52. The van der Waals surface area contributed by atoms with Crippen LogP contribution in [0.5, 0.6) is 0 Å². The zero-order chi connectivity index (χ0) is 11.8. The molecule has 2 unspecified atom stereocenters. The van der Waals surface area contributed by atoms with E-state index in [0.717, 1.165) is 6.42 Å². The standard InChI is InChI=1S/C15H14O2/c1-17-15(16)14-9-13(14)12-8-4-6-10-5-2-3-7-11(10)12/h2-8,13-14H,9H2,1H3. The highest BCUT2D eigenvalue weighted by Gasteiger charge is 2.45. The molecule has 0 amide bonds. The van der Waals surface area contributed by atoms with Gasteiger partial charge in [-0.15, -0.1) is 0 Å². The molecule has 2 nitrogen and oxygen atoms in total. The first-order valence-corrected chi connectivity index (χ1v) is 5.87. The molecule has 1 aliphatic carbocycles. The Bertz CT molecular complexity index is 569. The van der Waals surface area contributed by atoms with Gasteiger partial charge in [0, 0.05) is 0 Å². The number of esters is 1. The van der Waals surface area contributed by atoms with Crippen LogP contribution in [0.4, 0.5) is 0 Å². The van der Waals surface area contributed by atoms with Crippen molar-refractivity contribution in [3.63, 3.8) is 0 Å². The molecule has 3 rings (SSSR count). The molecule has 0 saturated heterocycles. The summed E-state index contributed by atoms with van der Waals surface area (Å²) < 4.78 is 4.80. The quantitative estimate of drug-likeness (QED) is 0.735. The van der Waals surface area contributed by atoms with Crippen LogP contribution in [0.1, 0.15) is 17.9 Å². The Kier molecular flexibility index (Phi) is 2.36. The van der Waals surface area contributed by atoms with Gasteiger partial charge in [-0.3, -0.25) is 4.79 Å². The zero-order valence-electron chi connectivity index (χ0n) is 9.72. The van der Waals surface area contributed by atoms with Crippen molar-refractivity contribution in [1.29, 1.82) is 0 Å². The monoisotopic (exact) mass is 226 g/mol. The molecule has 0 bridgehead atoms. The number of ether oxygens (including phenoxy) is 1. The lowest BCUT2D eigenvalue weighted by atomic mass is 10.0. The van der Waals surface area contributed by atoms with E-state index in [9.17, 15) is 4.79 Å². The van der Waals surface area contributed by atoms with E-state index in [1.165, 1.54) is 23.4 Å². The van der Waals surface area contributed by atoms with E-state index in [1.54, 1.807) is 0 Å². The van der Waals surface area contributed by atoms with E-state index in [2.05, 4.69) is 30.3 Å². The number of hydrogen-bond donors (Lipinski definition) is 0. The van der Waals surface area contributed by atoms with Crippen molar-refractivity contribution in [2.45, 2.75) is 12.3 Å².